The number of nitrogens with one attached hydrogen (secondary N) is 1. The van der Waals surface area contributed by atoms with Gasteiger partial charge in [-0.05, 0) is 54.6 Å². The highest BCUT2D eigenvalue weighted by atomic mass is 32.1. The van der Waals surface area contributed by atoms with Crippen LogP contribution in [0.2, 0.25) is 0 Å². The number of hydrogen-bond donors (Lipinski definition) is 1. The summed E-state index contributed by atoms with van der Waals surface area (Å²) in [6.45, 7) is 5.03. The summed E-state index contributed by atoms with van der Waals surface area (Å²) in [5.41, 5.74) is 2.02. The maximum atomic E-state index is 13.6. The molecule has 19 heavy (non-hydrogen) atoms. The summed E-state index contributed by atoms with van der Waals surface area (Å²) in [4.78, 5) is 1.33. The lowest BCUT2D eigenvalue weighted by Crippen LogP contribution is -2.24. The number of thiophene rings is 1. The molecule has 0 radical (unpaired) electrons. The molecule has 0 fully saturated rings. The van der Waals surface area contributed by atoms with Crippen LogP contribution in [0.15, 0.2) is 35.7 Å². The maximum absolute atomic E-state index is 13.6. The van der Waals surface area contributed by atoms with Crippen LogP contribution in [0.5, 0.6) is 0 Å². The van der Waals surface area contributed by atoms with E-state index in [1.165, 1.54) is 4.88 Å². The smallest absolute Gasteiger partial charge is 0.123 e. The molecular weight excluding hydrogens is 257 g/mol. The fourth-order valence-electron chi connectivity index (χ4n) is 2.22. The van der Waals surface area contributed by atoms with Crippen LogP contribution in [0.3, 0.4) is 0 Å². The van der Waals surface area contributed by atoms with Crippen LogP contribution >= 0.6 is 11.3 Å². The minimum Gasteiger partial charge on any atom is -0.310 e. The van der Waals surface area contributed by atoms with Crippen molar-refractivity contribution in [2.75, 3.05) is 6.54 Å². The average Bonchev–Trinajstić information content (AvgIpc) is 2.86. The van der Waals surface area contributed by atoms with Crippen LogP contribution in [-0.4, -0.2) is 6.54 Å². The maximum Gasteiger partial charge on any atom is 0.123 e. The summed E-state index contributed by atoms with van der Waals surface area (Å²) in [6, 6.07) is 9.68. The highest BCUT2D eigenvalue weighted by Crippen LogP contribution is 2.23. The third kappa shape index (κ3) is 4.15. The highest BCUT2D eigenvalue weighted by molar-refractivity contribution is 7.09. The number of aryl methyl sites for hydroxylation is 1. The van der Waals surface area contributed by atoms with Crippen molar-refractivity contribution in [3.63, 3.8) is 0 Å². The fraction of sp³-hybridized carbons (Fsp3) is 0.375. The van der Waals surface area contributed by atoms with Gasteiger partial charge in [-0.2, -0.15) is 0 Å². The molecule has 0 aliphatic heterocycles. The number of hydrogen-bond acceptors (Lipinski definition) is 2. The lowest BCUT2D eigenvalue weighted by molar-refractivity contribution is 0.526. The van der Waals surface area contributed by atoms with Crippen LogP contribution in [0.4, 0.5) is 4.39 Å². The van der Waals surface area contributed by atoms with Gasteiger partial charge in [-0.25, -0.2) is 4.39 Å². The van der Waals surface area contributed by atoms with Gasteiger partial charge in [-0.15, -0.1) is 11.3 Å². The number of rotatable bonds is 6. The molecule has 1 nitrogen and oxygen atoms in total. The van der Waals surface area contributed by atoms with E-state index in [-0.39, 0.29) is 11.9 Å². The first-order valence-corrected chi connectivity index (χ1v) is 7.60. The lowest BCUT2D eigenvalue weighted by Gasteiger charge is -2.19. The predicted molar refractivity (Wildman–Crippen MR) is 80.2 cm³/mol. The second-order valence-corrected chi connectivity index (χ2v) is 5.88. The number of halogens is 1. The van der Waals surface area contributed by atoms with E-state index in [0.29, 0.717) is 0 Å². The Kier molecular flexibility index (Phi) is 5.11. The van der Waals surface area contributed by atoms with E-state index in [0.717, 1.165) is 30.5 Å². The first kappa shape index (κ1) is 14.2. The van der Waals surface area contributed by atoms with Crippen LogP contribution < -0.4 is 5.32 Å². The molecule has 1 atom stereocenters. The first-order chi connectivity index (χ1) is 9.19. The Morgan fingerprint density at radius 2 is 2.16 bits per heavy atom. The normalized spacial score (nSPS) is 12.6. The largest absolute Gasteiger partial charge is 0.310 e. The molecule has 0 saturated carbocycles. The summed E-state index contributed by atoms with van der Waals surface area (Å²) in [5, 5.41) is 5.60. The zero-order valence-corrected chi connectivity index (χ0v) is 12.3. The van der Waals surface area contributed by atoms with Crippen molar-refractivity contribution in [1.29, 1.82) is 0 Å². The van der Waals surface area contributed by atoms with Crippen molar-refractivity contribution in [2.24, 2.45) is 0 Å². The van der Waals surface area contributed by atoms with E-state index in [1.807, 2.05) is 6.92 Å². The molecule has 3 heteroatoms. The molecule has 0 bridgehead atoms. The molecule has 0 spiro atoms. The van der Waals surface area contributed by atoms with Crippen LogP contribution in [-0.2, 0) is 6.42 Å². The SMILES string of the molecule is CCCNC(Cc1cccs1)c1cc(C)cc(F)c1. The van der Waals surface area contributed by atoms with Gasteiger partial charge in [-0.3, -0.25) is 0 Å². The molecule has 0 aliphatic carbocycles. The van der Waals surface area contributed by atoms with E-state index in [2.05, 4.69) is 35.8 Å². The molecular formula is C16H20FNS. The van der Waals surface area contributed by atoms with E-state index in [9.17, 15) is 4.39 Å². The van der Waals surface area contributed by atoms with Crippen molar-refractivity contribution in [1.82, 2.24) is 5.32 Å². The standard InChI is InChI=1S/C16H20FNS/c1-3-6-18-16(11-15-5-4-7-19-15)13-8-12(2)9-14(17)10-13/h4-5,7-10,16,18H,3,6,11H2,1-2H3. The Labute approximate surface area is 118 Å². The predicted octanol–water partition coefficient (Wildman–Crippen LogP) is 4.48. The Morgan fingerprint density at radius 3 is 2.79 bits per heavy atom. The summed E-state index contributed by atoms with van der Waals surface area (Å²) >= 11 is 1.75. The molecule has 0 saturated heterocycles. The van der Waals surface area contributed by atoms with Gasteiger partial charge in [0, 0.05) is 17.3 Å². The van der Waals surface area contributed by atoms with Crippen molar-refractivity contribution in [3.05, 3.63) is 57.5 Å². The van der Waals surface area contributed by atoms with Crippen LogP contribution in [0.25, 0.3) is 0 Å². The summed E-state index contributed by atoms with van der Waals surface area (Å²) < 4.78 is 13.6. The second kappa shape index (κ2) is 6.83. The van der Waals surface area contributed by atoms with E-state index < -0.39 is 0 Å². The molecule has 102 valence electrons. The Bertz CT molecular complexity index is 487. The number of benzene rings is 1. The fourth-order valence-corrected chi connectivity index (χ4v) is 2.97. The third-order valence-electron chi connectivity index (χ3n) is 3.09. The lowest BCUT2D eigenvalue weighted by atomic mass is 10.0. The monoisotopic (exact) mass is 277 g/mol. The van der Waals surface area contributed by atoms with E-state index in [4.69, 9.17) is 0 Å². The summed E-state index contributed by atoms with van der Waals surface area (Å²) in [6.07, 6.45) is 2.00. The van der Waals surface area contributed by atoms with Gasteiger partial charge in [0.25, 0.3) is 0 Å². The van der Waals surface area contributed by atoms with Crippen molar-refractivity contribution in [3.8, 4) is 0 Å². The van der Waals surface area contributed by atoms with Crippen molar-refractivity contribution < 1.29 is 4.39 Å². The Balaban J connectivity index is 2.20. The average molecular weight is 277 g/mol. The molecule has 1 N–H and O–H groups in total. The summed E-state index contributed by atoms with van der Waals surface area (Å²) in [5.74, 6) is -0.149. The molecule has 2 aromatic rings. The summed E-state index contributed by atoms with van der Waals surface area (Å²) in [7, 11) is 0. The van der Waals surface area contributed by atoms with Gasteiger partial charge in [0.1, 0.15) is 5.82 Å². The zero-order valence-electron chi connectivity index (χ0n) is 11.4. The van der Waals surface area contributed by atoms with Gasteiger partial charge in [-0.1, -0.05) is 19.1 Å². The molecule has 1 unspecified atom stereocenters. The van der Waals surface area contributed by atoms with E-state index >= 15 is 0 Å². The van der Waals surface area contributed by atoms with Crippen molar-refractivity contribution >= 4 is 11.3 Å². The third-order valence-corrected chi connectivity index (χ3v) is 3.99. The molecule has 1 heterocycles. The molecule has 1 aromatic carbocycles. The molecule has 0 amide bonds. The Morgan fingerprint density at radius 1 is 1.32 bits per heavy atom. The topological polar surface area (TPSA) is 12.0 Å². The van der Waals surface area contributed by atoms with Gasteiger partial charge < -0.3 is 5.32 Å². The minimum absolute atomic E-state index is 0.149. The van der Waals surface area contributed by atoms with E-state index in [1.54, 1.807) is 23.5 Å². The molecule has 0 aliphatic rings. The first-order valence-electron chi connectivity index (χ1n) is 6.72. The van der Waals surface area contributed by atoms with Crippen molar-refractivity contribution in [2.45, 2.75) is 32.7 Å². The van der Waals surface area contributed by atoms with Gasteiger partial charge >= 0.3 is 0 Å². The van der Waals surface area contributed by atoms with Gasteiger partial charge in [0.05, 0.1) is 0 Å². The quantitative estimate of drug-likeness (QED) is 0.821. The highest BCUT2D eigenvalue weighted by Gasteiger charge is 2.13. The molecule has 2 rings (SSSR count). The van der Waals surface area contributed by atoms with Gasteiger partial charge in [0.15, 0.2) is 0 Å². The van der Waals surface area contributed by atoms with Crippen LogP contribution in [0, 0.1) is 12.7 Å². The minimum atomic E-state index is -0.149. The molecule has 1 aromatic heterocycles. The second-order valence-electron chi connectivity index (χ2n) is 4.85. The zero-order chi connectivity index (χ0) is 13.7. The van der Waals surface area contributed by atoms with Crippen LogP contribution in [0.1, 0.15) is 35.4 Å². The van der Waals surface area contributed by atoms with Gasteiger partial charge in [0.2, 0.25) is 0 Å². The Hall–Kier alpha value is -1.19.